The highest BCUT2D eigenvalue weighted by Gasteiger charge is 2.16. The molecular weight excluding hydrogens is 350 g/mol. The van der Waals surface area contributed by atoms with E-state index in [1.807, 2.05) is 19.1 Å². The molecule has 2 N–H and O–H groups in total. The number of hydrogen-bond donors (Lipinski definition) is 2. The fraction of sp³-hybridized carbons (Fsp3) is 0.444. The van der Waals surface area contributed by atoms with Crippen LogP contribution in [0.5, 0.6) is 0 Å². The first-order valence-corrected chi connectivity index (χ1v) is 10.3. The van der Waals surface area contributed by atoms with Crippen LogP contribution in [0.25, 0.3) is 0 Å². The van der Waals surface area contributed by atoms with Gasteiger partial charge in [0.15, 0.2) is 0 Å². The van der Waals surface area contributed by atoms with E-state index in [1.165, 1.54) is 19.2 Å². The summed E-state index contributed by atoms with van der Waals surface area (Å²) in [6.45, 7) is 6.51. The molecule has 26 heavy (non-hydrogen) atoms. The SMILES string of the molecule is Cc1ccc(S(=O)(=O)NCCNc2cc(N3CCCC3)ncn2)c(C)c1. The zero-order chi connectivity index (χ0) is 18.6. The van der Waals surface area contributed by atoms with E-state index in [0.717, 1.165) is 30.0 Å². The predicted octanol–water partition coefficient (Wildman–Crippen LogP) is 2.08. The zero-order valence-electron chi connectivity index (χ0n) is 15.2. The van der Waals surface area contributed by atoms with Gasteiger partial charge in [-0.3, -0.25) is 0 Å². The Bertz CT molecular complexity index is 864. The van der Waals surface area contributed by atoms with Crippen LogP contribution in [0, 0.1) is 13.8 Å². The van der Waals surface area contributed by atoms with Gasteiger partial charge in [-0.1, -0.05) is 17.7 Å². The Morgan fingerprint density at radius 1 is 1.08 bits per heavy atom. The number of nitrogens with one attached hydrogen (secondary N) is 2. The Balaban J connectivity index is 1.54. The summed E-state index contributed by atoms with van der Waals surface area (Å²) in [5.74, 6) is 1.61. The van der Waals surface area contributed by atoms with Crippen LogP contribution in [0.1, 0.15) is 24.0 Å². The fourth-order valence-electron chi connectivity index (χ4n) is 3.12. The molecule has 140 valence electrons. The second kappa shape index (κ2) is 8.01. The molecule has 1 aromatic carbocycles. The van der Waals surface area contributed by atoms with Crippen molar-refractivity contribution in [3.63, 3.8) is 0 Å². The molecule has 3 rings (SSSR count). The van der Waals surface area contributed by atoms with Gasteiger partial charge in [0, 0.05) is 32.2 Å². The zero-order valence-corrected chi connectivity index (χ0v) is 16.0. The van der Waals surface area contributed by atoms with Gasteiger partial charge in [-0.2, -0.15) is 0 Å². The molecule has 1 saturated heterocycles. The van der Waals surface area contributed by atoms with Gasteiger partial charge in [0.1, 0.15) is 18.0 Å². The van der Waals surface area contributed by atoms with Crippen molar-refractivity contribution in [2.24, 2.45) is 0 Å². The summed E-state index contributed by atoms with van der Waals surface area (Å²) in [5.41, 5.74) is 1.79. The third-order valence-corrected chi connectivity index (χ3v) is 6.05. The monoisotopic (exact) mass is 375 g/mol. The largest absolute Gasteiger partial charge is 0.369 e. The minimum Gasteiger partial charge on any atom is -0.369 e. The molecule has 2 heterocycles. The molecule has 0 atom stereocenters. The molecule has 0 radical (unpaired) electrons. The third-order valence-electron chi connectivity index (χ3n) is 4.43. The molecule has 1 aliphatic rings. The lowest BCUT2D eigenvalue weighted by Gasteiger charge is -2.16. The van der Waals surface area contributed by atoms with Crippen LogP contribution < -0.4 is 14.9 Å². The van der Waals surface area contributed by atoms with Gasteiger partial charge in [-0.05, 0) is 38.3 Å². The predicted molar refractivity (Wildman–Crippen MR) is 103 cm³/mol. The minimum atomic E-state index is -3.51. The quantitative estimate of drug-likeness (QED) is 0.721. The summed E-state index contributed by atoms with van der Waals surface area (Å²) >= 11 is 0. The lowest BCUT2D eigenvalue weighted by atomic mass is 10.2. The minimum absolute atomic E-state index is 0.276. The Morgan fingerprint density at radius 3 is 2.58 bits per heavy atom. The molecule has 2 aromatic rings. The molecule has 0 unspecified atom stereocenters. The molecule has 0 aliphatic carbocycles. The van der Waals surface area contributed by atoms with Crippen molar-refractivity contribution >= 4 is 21.7 Å². The topological polar surface area (TPSA) is 87.2 Å². The average molecular weight is 375 g/mol. The highest BCUT2D eigenvalue weighted by Crippen LogP contribution is 2.19. The van der Waals surface area contributed by atoms with E-state index in [2.05, 4.69) is 24.9 Å². The van der Waals surface area contributed by atoms with Gasteiger partial charge in [0.05, 0.1) is 4.90 Å². The van der Waals surface area contributed by atoms with Gasteiger partial charge in [-0.15, -0.1) is 0 Å². The van der Waals surface area contributed by atoms with Crippen LogP contribution in [-0.4, -0.2) is 44.6 Å². The lowest BCUT2D eigenvalue weighted by molar-refractivity contribution is 0.582. The average Bonchev–Trinajstić information content (AvgIpc) is 3.13. The van der Waals surface area contributed by atoms with E-state index in [1.54, 1.807) is 19.1 Å². The highest BCUT2D eigenvalue weighted by molar-refractivity contribution is 7.89. The second-order valence-corrected chi connectivity index (χ2v) is 8.28. The van der Waals surface area contributed by atoms with Crippen molar-refractivity contribution in [3.8, 4) is 0 Å². The number of benzene rings is 1. The van der Waals surface area contributed by atoms with Crippen LogP contribution in [0.4, 0.5) is 11.6 Å². The third kappa shape index (κ3) is 4.50. The van der Waals surface area contributed by atoms with Gasteiger partial charge in [0.2, 0.25) is 10.0 Å². The number of hydrogen-bond acceptors (Lipinski definition) is 6. The van der Waals surface area contributed by atoms with Crippen LogP contribution in [0.3, 0.4) is 0 Å². The van der Waals surface area contributed by atoms with Crippen LogP contribution >= 0.6 is 0 Å². The first-order valence-electron chi connectivity index (χ1n) is 8.83. The summed E-state index contributed by atoms with van der Waals surface area (Å²) in [6.07, 6.45) is 3.91. The Labute approximate surface area is 154 Å². The number of anilines is 2. The molecule has 0 spiro atoms. The first kappa shape index (κ1) is 18.6. The van der Waals surface area contributed by atoms with E-state index >= 15 is 0 Å². The molecule has 0 amide bonds. The first-order chi connectivity index (χ1) is 12.5. The number of rotatable bonds is 7. The van der Waals surface area contributed by atoms with Crippen molar-refractivity contribution in [2.75, 3.05) is 36.4 Å². The summed E-state index contributed by atoms with van der Waals surface area (Å²) in [4.78, 5) is 11.1. The van der Waals surface area contributed by atoms with E-state index in [4.69, 9.17) is 0 Å². The molecule has 8 heteroatoms. The van der Waals surface area contributed by atoms with Crippen molar-refractivity contribution in [1.29, 1.82) is 0 Å². The van der Waals surface area contributed by atoms with E-state index in [-0.39, 0.29) is 6.54 Å². The summed E-state index contributed by atoms with van der Waals surface area (Å²) in [7, 11) is -3.51. The second-order valence-electron chi connectivity index (χ2n) is 6.55. The number of sulfonamides is 1. The van der Waals surface area contributed by atoms with Gasteiger partial charge >= 0.3 is 0 Å². The fourth-order valence-corrected chi connectivity index (χ4v) is 4.37. The van der Waals surface area contributed by atoms with E-state index < -0.39 is 10.0 Å². The van der Waals surface area contributed by atoms with Gasteiger partial charge in [0.25, 0.3) is 0 Å². The number of aryl methyl sites for hydroxylation is 2. The van der Waals surface area contributed by atoms with Crippen molar-refractivity contribution in [1.82, 2.24) is 14.7 Å². The van der Waals surface area contributed by atoms with Crippen molar-refractivity contribution in [2.45, 2.75) is 31.6 Å². The molecule has 0 saturated carbocycles. The maximum Gasteiger partial charge on any atom is 0.240 e. The summed E-state index contributed by atoms with van der Waals surface area (Å²) < 4.78 is 27.5. The molecule has 7 nitrogen and oxygen atoms in total. The van der Waals surface area contributed by atoms with Crippen molar-refractivity contribution in [3.05, 3.63) is 41.7 Å². The summed E-state index contributed by atoms with van der Waals surface area (Å²) in [5, 5.41) is 3.15. The molecular formula is C18H25N5O2S. The Kier molecular flexibility index (Phi) is 5.73. The number of aromatic nitrogens is 2. The Hall–Kier alpha value is -2.19. The van der Waals surface area contributed by atoms with E-state index in [9.17, 15) is 8.42 Å². The highest BCUT2D eigenvalue weighted by atomic mass is 32.2. The smallest absolute Gasteiger partial charge is 0.240 e. The summed E-state index contributed by atoms with van der Waals surface area (Å²) in [6, 6.07) is 7.23. The van der Waals surface area contributed by atoms with Crippen LogP contribution in [0.2, 0.25) is 0 Å². The van der Waals surface area contributed by atoms with Crippen LogP contribution in [0.15, 0.2) is 35.5 Å². The van der Waals surface area contributed by atoms with E-state index in [0.29, 0.717) is 17.3 Å². The maximum atomic E-state index is 12.4. The maximum absolute atomic E-state index is 12.4. The number of nitrogens with zero attached hydrogens (tertiary/aromatic N) is 3. The molecule has 1 aromatic heterocycles. The molecule has 0 bridgehead atoms. The van der Waals surface area contributed by atoms with Gasteiger partial charge < -0.3 is 10.2 Å². The lowest BCUT2D eigenvalue weighted by Crippen LogP contribution is -2.29. The Morgan fingerprint density at radius 2 is 1.85 bits per heavy atom. The molecule has 1 fully saturated rings. The normalized spacial score (nSPS) is 14.6. The van der Waals surface area contributed by atoms with Crippen molar-refractivity contribution < 1.29 is 8.42 Å². The van der Waals surface area contributed by atoms with Gasteiger partial charge in [-0.25, -0.2) is 23.1 Å². The standard InChI is InChI=1S/C18H25N5O2S/c1-14-5-6-16(15(2)11-14)26(24,25)22-8-7-19-17-12-18(21-13-20-17)23-9-3-4-10-23/h5-6,11-13,22H,3-4,7-10H2,1-2H3,(H,19,20,21). The molecule has 1 aliphatic heterocycles. The van der Waals surface area contributed by atoms with Crippen LogP contribution in [-0.2, 0) is 10.0 Å².